The Morgan fingerprint density at radius 1 is 1.38 bits per heavy atom. The van der Waals surface area contributed by atoms with E-state index in [1.807, 2.05) is 23.2 Å². The summed E-state index contributed by atoms with van der Waals surface area (Å²) in [4.78, 5) is 22.9. The van der Waals surface area contributed by atoms with Gasteiger partial charge in [0.2, 0.25) is 0 Å². The smallest absolute Gasteiger partial charge is 0.315 e. The van der Waals surface area contributed by atoms with Gasteiger partial charge in [0.05, 0.1) is 12.1 Å². The monoisotopic (exact) mass is 326 g/mol. The van der Waals surface area contributed by atoms with Crippen LogP contribution in [-0.2, 0) is 4.79 Å². The molecule has 114 valence electrons. The second kappa shape index (κ2) is 6.70. The van der Waals surface area contributed by atoms with Gasteiger partial charge in [0.25, 0.3) is 0 Å². The first-order chi connectivity index (χ1) is 10.2. The number of esters is 1. The van der Waals surface area contributed by atoms with Crippen molar-refractivity contribution in [3.05, 3.63) is 17.5 Å². The van der Waals surface area contributed by atoms with E-state index < -0.39 is 0 Å². The topological polar surface area (TPSA) is 67.4 Å². The minimum absolute atomic E-state index is 0.0465. The Morgan fingerprint density at radius 2 is 2.29 bits per heavy atom. The van der Waals surface area contributed by atoms with Gasteiger partial charge in [-0.05, 0) is 30.4 Å². The summed E-state index contributed by atoms with van der Waals surface area (Å²) in [5, 5.41) is 8.93. The summed E-state index contributed by atoms with van der Waals surface area (Å²) in [6.07, 6.45) is 3.30. The van der Waals surface area contributed by atoms with Gasteiger partial charge in [-0.15, -0.1) is 11.3 Å². The molecule has 0 bridgehead atoms. The number of rotatable bonds is 6. The second-order valence-corrected chi connectivity index (χ2v) is 7.46. The number of unbranched alkanes of at least 4 members (excludes halogenated alkanes) is 1. The van der Waals surface area contributed by atoms with Crippen molar-refractivity contribution >= 4 is 35.1 Å². The van der Waals surface area contributed by atoms with Crippen LogP contribution in [0.3, 0.4) is 0 Å². The molecule has 0 unspecified atom stereocenters. The molecule has 2 saturated heterocycles. The van der Waals surface area contributed by atoms with E-state index in [0.29, 0.717) is 16.7 Å². The van der Waals surface area contributed by atoms with Crippen LogP contribution in [-0.4, -0.2) is 35.1 Å². The van der Waals surface area contributed by atoms with E-state index >= 15 is 0 Å². The van der Waals surface area contributed by atoms with E-state index in [2.05, 4.69) is 10.6 Å². The molecule has 0 saturated carbocycles. The zero-order valence-corrected chi connectivity index (χ0v) is 13.2. The lowest BCUT2D eigenvalue weighted by Crippen LogP contribution is -2.36. The van der Waals surface area contributed by atoms with Crippen molar-refractivity contribution in [2.45, 2.75) is 43.0 Å². The number of urea groups is 1. The van der Waals surface area contributed by atoms with Crippen LogP contribution in [0.5, 0.6) is 5.06 Å². The van der Waals surface area contributed by atoms with Gasteiger partial charge in [0, 0.05) is 17.4 Å². The highest BCUT2D eigenvalue weighted by Gasteiger charge is 2.42. The Bertz CT molecular complexity index is 506. The van der Waals surface area contributed by atoms with Crippen LogP contribution in [0.1, 0.15) is 25.7 Å². The molecule has 5 nitrogen and oxygen atoms in total. The van der Waals surface area contributed by atoms with Crippen LogP contribution < -0.4 is 15.4 Å². The summed E-state index contributed by atoms with van der Waals surface area (Å²) >= 11 is 3.34. The molecule has 2 N–H and O–H groups in total. The van der Waals surface area contributed by atoms with Crippen molar-refractivity contribution in [1.29, 1.82) is 0 Å². The average molecular weight is 326 g/mol. The van der Waals surface area contributed by atoms with Crippen LogP contribution >= 0.6 is 23.1 Å². The third-order valence-electron chi connectivity index (χ3n) is 3.77. The number of ether oxygens (including phenoxy) is 1. The molecule has 0 aromatic carbocycles. The number of carbonyl (C=O) groups is 2. The standard InChI is InChI=1S/C14H18N2O3S2/c17-11(19-12-6-3-7-20-12)5-2-1-4-10-13-9(8-21-10)15-14(18)16-13/h3,6-7,9-10,13H,1-2,4-5,8H2,(H2,15,16,18)/t9-,10-,13-/m0/s1. The molecule has 3 atom stereocenters. The number of thioether (sulfide) groups is 1. The number of carbonyl (C=O) groups excluding carboxylic acids is 2. The molecule has 2 fully saturated rings. The number of thiophene rings is 1. The van der Waals surface area contributed by atoms with Crippen molar-refractivity contribution < 1.29 is 14.3 Å². The number of nitrogens with one attached hydrogen (secondary N) is 2. The van der Waals surface area contributed by atoms with Gasteiger partial charge in [-0.25, -0.2) is 4.79 Å². The largest absolute Gasteiger partial charge is 0.415 e. The van der Waals surface area contributed by atoms with Crippen molar-refractivity contribution in [2.75, 3.05) is 5.75 Å². The van der Waals surface area contributed by atoms with E-state index in [4.69, 9.17) is 4.74 Å². The van der Waals surface area contributed by atoms with Crippen molar-refractivity contribution in [3.8, 4) is 5.06 Å². The first-order valence-electron chi connectivity index (χ1n) is 7.15. The van der Waals surface area contributed by atoms with E-state index in [1.54, 1.807) is 6.07 Å². The molecule has 2 amide bonds. The minimum Gasteiger partial charge on any atom is -0.415 e. The molecule has 0 spiro atoms. The van der Waals surface area contributed by atoms with Gasteiger partial charge >= 0.3 is 12.0 Å². The third-order valence-corrected chi connectivity index (χ3v) is 6.02. The Kier molecular flexibility index (Phi) is 4.70. The molecule has 21 heavy (non-hydrogen) atoms. The fourth-order valence-electron chi connectivity index (χ4n) is 2.74. The third kappa shape index (κ3) is 3.71. The van der Waals surface area contributed by atoms with Gasteiger partial charge in [-0.2, -0.15) is 11.8 Å². The average Bonchev–Trinajstić information content (AvgIpc) is 3.13. The summed E-state index contributed by atoms with van der Waals surface area (Å²) in [5.74, 6) is 0.819. The summed E-state index contributed by atoms with van der Waals surface area (Å²) in [6, 6.07) is 4.14. The molecular formula is C14H18N2O3S2. The van der Waals surface area contributed by atoms with Gasteiger partial charge in [-0.1, -0.05) is 6.42 Å². The van der Waals surface area contributed by atoms with E-state index in [1.165, 1.54) is 11.3 Å². The fraction of sp³-hybridized carbons (Fsp3) is 0.571. The molecule has 1 aromatic rings. The first-order valence-corrected chi connectivity index (χ1v) is 9.08. The quantitative estimate of drug-likeness (QED) is 0.478. The number of hydrogen-bond acceptors (Lipinski definition) is 5. The molecule has 0 radical (unpaired) electrons. The maximum absolute atomic E-state index is 11.6. The van der Waals surface area contributed by atoms with Crippen LogP contribution in [0.4, 0.5) is 4.79 Å². The number of amides is 2. The van der Waals surface area contributed by atoms with E-state index in [0.717, 1.165) is 25.0 Å². The zero-order valence-electron chi connectivity index (χ0n) is 11.5. The van der Waals surface area contributed by atoms with E-state index in [9.17, 15) is 9.59 Å². The predicted octanol–water partition coefficient (Wildman–Crippen LogP) is 2.38. The van der Waals surface area contributed by atoms with Crippen molar-refractivity contribution in [3.63, 3.8) is 0 Å². The highest BCUT2D eigenvalue weighted by Crippen LogP contribution is 2.33. The van der Waals surface area contributed by atoms with Gasteiger partial charge in [-0.3, -0.25) is 4.79 Å². The Labute approximate surface area is 131 Å². The molecule has 2 aliphatic rings. The molecule has 0 aliphatic carbocycles. The molecule has 1 aromatic heterocycles. The van der Waals surface area contributed by atoms with Crippen LogP contribution in [0.25, 0.3) is 0 Å². The SMILES string of the molecule is O=C1N[C@H]2[C@H](CS[C@H]2CCCCC(=O)Oc2cccs2)N1. The van der Waals surface area contributed by atoms with Gasteiger partial charge in [0.15, 0.2) is 5.06 Å². The zero-order chi connectivity index (χ0) is 14.7. The van der Waals surface area contributed by atoms with Crippen molar-refractivity contribution in [1.82, 2.24) is 10.6 Å². The lowest BCUT2D eigenvalue weighted by molar-refractivity contribution is -0.134. The minimum atomic E-state index is -0.162. The maximum atomic E-state index is 11.6. The summed E-state index contributed by atoms with van der Waals surface area (Å²) in [5.41, 5.74) is 0. The fourth-order valence-corrected chi connectivity index (χ4v) is 4.88. The molecule has 2 aliphatic heterocycles. The second-order valence-electron chi connectivity index (χ2n) is 5.27. The Balaban J connectivity index is 1.33. The van der Waals surface area contributed by atoms with Crippen LogP contribution in [0, 0.1) is 0 Å². The summed E-state index contributed by atoms with van der Waals surface area (Å²) in [6.45, 7) is 0. The predicted molar refractivity (Wildman–Crippen MR) is 83.9 cm³/mol. The van der Waals surface area contributed by atoms with Gasteiger partial charge < -0.3 is 15.4 Å². The molecule has 7 heteroatoms. The Morgan fingerprint density at radius 3 is 3.10 bits per heavy atom. The Hall–Kier alpha value is -1.21. The van der Waals surface area contributed by atoms with Crippen LogP contribution in [0.2, 0.25) is 0 Å². The number of fused-ring (bicyclic) bond motifs is 1. The number of hydrogen-bond donors (Lipinski definition) is 2. The first kappa shape index (κ1) is 14.7. The lowest BCUT2D eigenvalue weighted by atomic mass is 10.0. The molecule has 3 heterocycles. The normalized spacial score (nSPS) is 27.0. The maximum Gasteiger partial charge on any atom is 0.315 e. The van der Waals surface area contributed by atoms with E-state index in [-0.39, 0.29) is 24.1 Å². The van der Waals surface area contributed by atoms with Crippen molar-refractivity contribution in [2.24, 2.45) is 0 Å². The summed E-state index contributed by atoms with van der Waals surface area (Å²) < 4.78 is 5.22. The molecule has 3 rings (SSSR count). The highest BCUT2D eigenvalue weighted by molar-refractivity contribution is 8.00. The van der Waals surface area contributed by atoms with Gasteiger partial charge in [0.1, 0.15) is 0 Å². The highest BCUT2D eigenvalue weighted by atomic mass is 32.2. The summed E-state index contributed by atoms with van der Waals surface area (Å²) in [7, 11) is 0. The molecular weight excluding hydrogens is 308 g/mol. The lowest BCUT2D eigenvalue weighted by Gasteiger charge is -2.16. The van der Waals surface area contributed by atoms with Crippen LogP contribution in [0.15, 0.2) is 17.5 Å².